The molecule has 1 aliphatic heterocycles. The molecule has 2 heteroatoms. The van der Waals surface area contributed by atoms with Crippen LogP contribution in [0.4, 0.5) is 0 Å². The Labute approximate surface area is 94.7 Å². The van der Waals surface area contributed by atoms with E-state index < -0.39 is 0 Å². The third-order valence-electron chi connectivity index (χ3n) is 3.48. The quantitative estimate of drug-likeness (QED) is 0.553. The van der Waals surface area contributed by atoms with Gasteiger partial charge in [0.05, 0.1) is 0 Å². The van der Waals surface area contributed by atoms with Crippen LogP contribution in [0.25, 0.3) is 0 Å². The third kappa shape index (κ3) is 4.80. The second kappa shape index (κ2) is 7.02. The number of nitrogens with zero attached hydrogens (tertiary/aromatic N) is 1. The minimum absolute atomic E-state index is 0.684. The smallest absolute Gasteiger partial charge is 0.00680 e. The van der Waals surface area contributed by atoms with Gasteiger partial charge in [-0.25, -0.2) is 0 Å². The maximum atomic E-state index is 3.63. The zero-order chi connectivity index (χ0) is 11.1. The molecule has 1 aliphatic rings. The summed E-state index contributed by atoms with van der Waals surface area (Å²) in [4.78, 5) is 2.43. The van der Waals surface area contributed by atoms with Crippen molar-refractivity contribution in [1.29, 1.82) is 0 Å². The van der Waals surface area contributed by atoms with E-state index in [0.717, 1.165) is 18.9 Å². The predicted molar refractivity (Wildman–Crippen MR) is 67.1 cm³/mol. The maximum absolute atomic E-state index is 3.63. The molecule has 1 rings (SSSR count). The first-order chi connectivity index (χ1) is 7.24. The number of allylic oxidation sites excluding steroid dienone is 1. The molecule has 1 saturated heterocycles. The van der Waals surface area contributed by atoms with Crippen LogP contribution < -0.4 is 5.32 Å². The molecule has 88 valence electrons. The van der Waals surface area contributed by atoms with E-state index in [1.807, 2.05) is 0 Å². The molecular formula is C13H26N2. The van der Waals surface area contributed by atoms with Crippen molar-refractivity contribution in [1.82, 2.24) is 10.2 Å². The average Bonchev–Trinajstić information content (AvgIpc) is 2.25. The van der Waals surface area contributed by atoms with E-state index in [9.17, 15) is 0 Å². The molecule has 0 spiro atoms. The van der Waals surface area contributed by atoms with Crippen molar-refractivity contribution in [2.75, 3.05) is 26.7 Å². The largest absolute Gasteiger partial charge is 0.314 e. The zero-order valence-corrected chi connectivity index (χ0v) is 10.5. The van der Waals surface area contributed by atoms with Crippen LogP contribution in [0.15, 0.2) is 12.2 Å². The van der Waals surface area contributed by atoms with Gasteiger partial charge < -0.3 is 10.2 Å². The second-order valence-electron chi connectivity index (χ2n) is 4.74. The molecule has 1 N–H and O–H groups in total. The van der Waals surface area contributed by atoms with Gasteiger partial charge in [0, 0.05) is 6.04 Å². The van der Waals surface area contributed by atoms with Crippen LogP contribution in [0.2, 0.25) is 0 Å². The summed E-state index contributed by atoms with van der Waals surface area (Å²) >= 11 is 0. The highest BCUT2D eigenvalue weighted by Gasteiger charge is 2.21. The molecule has 0 saturated carbocycles. The number of likely N-dealkylation sites (tertiary alicyclic amines) is 1. The van der Waals surface area contributed by atoms with Gasteiger partial charge in [-0.1, -0.05) is 12.2 Å². The predicted octanol–water partition coefficient (Wildman–Crippen LogP) is 2.27. The molecule has 0 bridgehead atoms. The summed E-state index contributed by atoms with van der Waals surface area (Å²) in [5.74, 6) is 0.881. The summed E-state index contributed by atoms with van der Waals surface area (Å²) in [6.45, 7) is 8.08. The molecule has 1 atom stereocenters. The van der Waals surface area contributed by atoms with Crippen molar-refractivity contribution in [2.45, 2.75) is 39.2 Å². The van der Waals surface area contributed by atoms with E-state index >= 15 is 0 Å². The molecule has 0 aromatic heterocycles. The fourth-order valence-corrected chi connectivity index (χ4v) is 2.26. The second-order valence-corrected chi connectivity index (χ2v) is 4.74. The summed E-state index contributed by atoms with van der Waals surface area (Å²) in [7, 11) is 2.22. The lowest BCUT2D eigenvalue weighted by molar-refractivity contribution is 0.190. The van der Waals surface area contributed by atoms with Crippen LogP contribution >= 0.6 is 0 Å². The van der Waals surface area contributed by atoms with Gasteiger partial charge in [0.1, 0.15) is 0 Å². The number of hydrogen-bond donors (Lipinski definition) is 1. The van der Waals surface area contributed by atoms with Crippen LogP contribution in [-0.4, -0.2) is 37.6 Å². The maximum Gasteiger partial charge on any atom is 0.00680 e. The molecule has 0 radical (unpaired) electrons. The van der Waals surface area contributed by atoms with Crippen molar-refractivity contribution in [3.63, 3.8) is 0 Å². The number of rotatable bonds is 5. The van der Waals surface area contributed by atoms with Crippen LogP contribution in [0.3, 0.4) is 0 Å². The molecular weight excluding hydrogens is 184 g/mol. The van der Waals surface area contributed by atoms with Crippen molar-refractivity contribution >= 4 is 0 Å². The van der Waals surface area contributed by atoms with Crippen LogP contribution in [0, 0.1) is 5.92 Å². The van der Waals surface area contributed by atoms with Gasteiger partial charge in [0.25, 0.3) is 0 Å². The highest BCUT2D eigenvalue weighted by atomic mass is 15.1. The van der Waals surface area contributed by atoms with E-state index in [4.69, 9.17) is 0 Å². The van der Waals surface area contributed by atoms with Crippen molar-refractivity contribution in [3.05, 3.63) is 12.2 Å². The van der Waals surface area contributed by atoms with Gasteiger partial charge in [-0.05, 0) is 65.7 Å². The first-order valence-corrected chi connectivity index (χ1v) is 6.27. The van der Waals surface area contributed by atoms with Crippen molar-refractivity contribution in [2.24, 2.45) is 5.92 Å². The summed E-state index contributed by atoms with van der Waals surface area (Å²) in [5.41, 5.74) is 0. The van der Waals surface area contributed by atoms with Gasteiger partial charge >= 0.3 is 0 Å². The molecule has 0 aromatic rings. The molecule has 0 aromatic carbocycles. The molecule has 1 heterocycles. The highest BCUT2D eigenvalue weighted by Crippen LogP contribution is 2.19. The zero-order valence-electron chi connectivity index (χ0n) is 10.5. The minimum atomic E-state index is 0.684. The Hall–Kier alpha value is -0.340. The Morgan fingerprint density at radius 3 is 2.67 bits per heavy atom. The fraction of sp³-hybridized carbons (Fsp3) is 0.846. The first kappa shape index (κ1) is 12.7. The molecule has 15 heavy (non-hydrogen) atoms. The van der Waals surface area contributed by atoms with Gasteiger partial charge in [-0.2, -0.15) is 0 Å². The van der Waals surface area contributed by atoms with E-state index in [-0.39, 0.29) is 0 Å². The summed E-state index contributed by atoms with van der Waals surface area (Å²) < 4.78 is 0. The average molecular weight is 210 g/mol. The van der Waals surface area contributed by atoms with Crippen LogP contribution in [0.5, 0.6) is 0 Å². The normalized spacial score (nSPS) is 22.3. The monoisotopic (exact) mass is 210 g/mol. The van der Waals surface area contributed by atoms with E-state index in [0.29, 0.717) is 6.04 Å². The van der Waals surface area contributed by atoms with E-state index in [2.05, 4.69) is 43.3 Å². The standard InChI is InChI=1S/C13H26N2/c1-4-5-6-9-14-12(2)13-7-10-15(3)11-8-13/h4-5,12-14H,6-11H2,1-3H3/b5-4+. The summed E-state index contributed by atoms with van der Waals surface area (Å²) in [6.07, 6.45) is 8.23. The Kier molecular flexibility index (Phi) is 5.96. The first-order valence-electron chi connectivity index (χ1n) is 6.27. The molecule has 0 amide bonds. The lowest BCUT2D eigenvalue weighted by atomic mass is 9.90. The molecule has 2 nitrogen and oxygen atoms in total. The summed E-state index contributed by atoms with van der Waals surface area (Å²) in [6, 6.07) is 0.684. The molecule has 1 unspecified atom stereocenters. The topological polar surface area (TPSA) is 15.3 Å². The fourth-order valence-electron chi connectivity index (χ4n) is 2.26. The highest BCUT2D eigenvalue weighted by molar-refractivity contribution is 4.81. The number of piperidine rings is 1. The third-order valence-corrected chi connectivity index (χ3v) is 3.48. The van der Waals surface area contributed by atoms with Gasteiger partial charge in [-0.15, -0.1) is 0 Å². The van der Waals surface area contributed by atoms with E-state index in [1.54, 1.807) is 0 Å². The number of hydrogen-bond acceptors (Lipinski definition) is 2. The molecule has 1 fully saturated rings. The Balaban J connectivity index is 2.13. The van der Waals surface area contributed by atoms with Gasteiger partial charge in [0.15, 0.2) is 0 Å². The van der Waals surface area contributed by atoms with Crippen LogP contribution in [-0.2, 0) is 0 Å². The Morgan fingerprint density at radius 2 is 2.07 bits per heavy atom. The molecule has 0 aliphatic carbocycles. The van der Waals surface area contributed by atoms with Crippen LogP contribution in [0.1, 0.15) is 33.1 Å². The summed E-state index contributed by atoms with van der Waals surface area (Å²) in [5, 5.41) is 3.63. The Morgan fingerprint density at radius 1 is 1.40 bits per heavy atom. The van der Waals surface area contributed by atoms with Gasteiger partial charge in [-0.3, -0.25) is 0 Å². The SMILES string of the molecule is C/C=C/CCNC(C)C1CCN(C)CC1. The Bertz CT molecular complexity index is 181. The lowest BCUT2D eigenvalue weighted by Gasteiger charge is -2.33. The lowest BCUT2D eigenvalue weighted by Crippen LogP contribution is -2.40. The van der Waals surface area contributed by atoms with Crippen molar-refractivity contribution < 1.29 is 0 Å². The minimum Gasteiger partial charge on any atom is -0.314 e. The number of nitrogens with one attached hydrogen (secondary N) is 1. The van der Waals surface area contributed by atoms with Crippen molar-refractivity contribution in [3.8, 4) is 0 Å². The van der Waals surface area contributed by atoms with Gasteiger partial charge in [0.2, 0.25) is 0 Å². The van der Waals surface area contributed by atoms with E-state index in [1.165, 1.54) is 25.9 Å².